The SMILES string of the molecule is COc1ccc(Cc2nc(C)c(F)c(NN)n2)cc1OC. The topological polar surface area (TPSA) is 82.3 Å². The number of nitrogen functional groups attached to an aromatic ring is 1. The molecule has 21 heavy (non-hydrogen) atoms. The quantitative estimate of drug-likeness (QED) is 0.646. The van der Waals surface area contributed by atoms with Crippen LogP contribution in [-0.4, -0.2) is 24.2 Å². The Morgan fingerprint density at radius 3 is 2.52 bits per heavy atom. The fourth-order valence-electron chi connectivity index (χ4n) is 1.97. The number of anilines is 1. The number of nitrogens with one attached hydrogen (secondary N) is 1. The van der Waals surface area contributed by atoms with Gasteiger partial charge in [0.05, 0.1) is 19.9 Å². The predicted octanol–water partition coefficient (Wildman–Crippen LogP) is 1.82. The number of hydrogen-bond donors (Lipinski definition) is 2. The molecule has 2 rings (SSSR count). The second-order valence-corrected chi connectivity index (χ2v) is 4.40. The minimum Gasteiger partial charge on any atom is -0.493 e. The Labute approximate surface area is 122 Å². The first-order chi connectivity index (χ1) is 10.1. The summed E-state index contributed by atoms with van der Waals surface area (Å²) in [6, 6.07) is 5.50. The summed E-state index contributed by atoms with van der Waals surface area (Å²) in [7, 11) is 3.14. The average molecular weight is 292 g/mol. The van der Waals surface area contributed by atoms with Crippen molar-refractivity contribution in [3.05, 3.63) is 41.1 Å². The number of methoxy groups -OCH3 is 2. The van der Waals surface area contributed by atoms with Gasteiger partial charge in [-0.1, -0.05) is 6.07 Å². The number of benzene rings is 1. The van der Waals surface area contributed by atoms with Gasteiger partial charge in [0.1, 0.15) is 5.82 Å². The number of ether oxygens (including phenoxy) is 2. The van der Waals surface area contributed by atoms with E-state index in [1.54, 1.807) is 27.2 Å². The molecule has 1 aromatic heterocycles. The fourth-order valence-corrected chi connectivity index (χ4v) is 1.97. The summed E-state index contributed by atoms with van der Waals surface area (Å²) in [6.45, 7) is 1.57. The molecule has 0 saturated carbocycles. The van der Waals surface area contributed by atoms with Gasteiger partial charge in [0.15, 0.2) is 23.1 Å². The van der Waals surface area contributed by atoms with Crippen LogP contribution in [0, 0.1) is 12.7 Å². The molecule has 0 radical (unpaired) electrons. The second-order valence-electron chi connectivity index (χ2n) is 4.40. The summed E-state index contributed by atoms with van der Waals surface area (Å²) in [4.78, 5) is 8.17. The number of nitrogens with zero attached hydrogens (tertiary/aromatic N) is 2. The molecule has 0 saturated heterocycles. The molecule has 0 aliphatic rings. The van der Waals surface area contributed by atoms with Crippen LogP contribution in [0.4, 0.5) is 10.2 Å². The molecule has 0 unspecified atom stereocenters. The molecule has 0 aliphatic carbocycles. The minimum absolute atomic E-state index is 0.0158. The van der Waals surface area contributed by atoms with Crippen LogP contribution in [0.3, 0.4) is 0 Å². The van der Waals surface area contributed by atoms with E-state index in [9.17, 15) is 4.39 Å². The maximum atomic E-state index is 13.6. The summed E-state index contributed by atoms with van der Waals surface area (Å²) < 4.78 is 24.1. The fraction of sp³-hybridized carbons (Fsp3) is 0.286. The van der Waals surface area contributed by atoms with E-state index in [0.29, 0.717) is 23.7 Å². The first-order valence-corrected chi connectivity index (χ1v) is 6.29. The molecule has 3 N–H and O–H groups in total. The smallest absolute Gasteiger partial charge is 0.187 e. The maximum Gasteiger partial charge on any atom is 0.187 e. The number of aromatic nitrogens is 2. The van der Waals surface area contributed by atoms with Crippen molar-refractivity contribution < 1.29 is 13.9 Å². The Hall–Kier alpha value is -2.41. The Morgan fingerprint density at radius 1 is 1.19 bits per heavy atom. The van der Waals surface area contributed by atoms with E-state index in [1.807, 2.05) is 12.1 Å². The van der Waals surface area contributed by atoms with E-state index in [0.717, 1.165) is 5.56 Å². The number of aryl methyl sites for hydroxylation is 1. The predicted molar refractivity (Wildman–Crippen MR) is 76.9 cm³/mol. The van der Waals surface area contributed by atoms with E-state index in [1.165, 1.54) is 0 Å². The highest BCUT2D eigenvalue weighted by atomic mass is 19.1. The van der Waals surface area contributed by atoms with Crippen LogP contribution in [0.5, 0.6) is 11.5 Å². The van der Waals surface area contributed by atoms with Crippen molar-refractivity contribution >= 4 is 5.82 Å². The van der Waals surface area contributed by atoms with Gasteiger partial charge in [0, 0.05) is 6.42 Å². The molecule has 112 valence electrons. The maximum absolute atomic E-state index is 13.6. The third kappa shape index (κ3) is 3.19. The number of halogens is 1. The molecule has 0 spiro atoms. The van der Waals surface area contributed by atoms with Crippen LogP contribution in [0.25, 0.3) is 0 Å². The third-order valence-electron chi connectivity index (χ3n) is 3.01. The first kappa shape index (κ1) is 15.0. The lowest BCUT2D eigenvalue weighted by atomic mass is 10.1. The van der Waals surface area contributed by atoms with Crippen LogP contribution in [0.1, 0.15) is 17.1 Å². The third-order valence-corrected chi connectivity index (χ3v) is 3.01. The molecule has 0 amide bonds. The van der Waals surface area contributed by atoms with Gasteiger partial charge in [-0.05, 0) is 24.6 Å². The minimum atomic E-state index is -0.548. The van der Waals surface area contributed by atoms with E-state index in [4.69, 9.17) is 15.3 Å². The van der Waals surface area contributed by atoms with Gasteiger partial charge in [0.2, 0.25) is 0 Å². The van der Waals surface area contributed by atoms with Crippen molar-refractivity contribution in [2.45, 2.75) is 13.3 Å². The normalized spacial score (nSPS) is 10.3. The molecule has 1 aromatic carbocycles. The van der Waals surface area contributed by atoms with Crippen LogP contribution in [0.2, 0.25) is 0 Å². The summed E-state index contributed by atoms with van der Waals surface area (Å²) in [5.74, 6) is 6.41. The molecule has 6 nitrogen and oxygen atoms in total. The van der Waals surface area contributed by atoms with Gasteiger partial charge in [-0.25, -0.2) is 20.2 Å². The zero-order valence-electron chi connectivity index (χ0n) is 12.1. The summed E-state index contributed by atoms with van der Waals surface area (Å²) >= 11 is 0. The molecule has 0 atom stereocenters. The van der Waals surface area contributed by atoms with Crippen molar-refractivity contribution in [2.75, 3.05) is 19.6 Å². The molecule has 7 heteroatoms. The number of hydrazine groups is 1. The highest BCUT2D eigenvalue weighted by Crippen LogP contribution is 2.28. The second kappa shape index (κ2) is 6.36. The number of rotatable bonds is 5. The zero-order valence-corrected chi connectivity index (χ0v) is 12.1. The van der Waals surface area contributed by atoms with E-state index >= 15 is 0 Å². The van der Waals surface area contributed by atoms with Crippen molar-refractivity contribution in [3.63, 3.8) is 0 Å². The average Bonchev–Trinajstić information content (AvgIpc) is 2.50. The Morgan fingerprint density at radius 2 is 1.90 bits per heavy atom. The van der Waals surface area contributed by atoms with Crippen LogP contribution in [0.15, 0.2) is 18.2 Å². The summed E-state index contributed by atoms with van der Waals surface area (Å²) in [5.41, 5.74) is 3.39. The Bertz CT molecular complexity index is 649. The Kier molecular flexibility index (Phi) is 4.54. The van der Waals surface area contributed by atoms with Crippen LogP contribution in [-0.2, 0) is 6.42 Å². The lowest BCUT2D eigenvalue weighted by molar-refractivity contribution is 0.354. The zero-order chi connectivity index (χ0) is 15.4. The van der Waals surface area contributed by atoms with Gasteiger partial charge in [-0.3, -0.25) is 0 Å². The highest BCUT2D eigenvalue weighted by molar-refractivity contribution is 5.44. The molecule has 2 aromatic rings. The largest absolute Gasteiger partial charge is 0.493 e. The molecule has 0 fully saturated rings. The monoisotopic (exact) mass is 292 g/mol. The van der Waals surface area contributed by atoms with Crippen LogP contribution < -0.4 is 20.7 Å². The first-order valence-electron chi connectivity index (χ1n) is 6.29. The molecule has 1 heterocycles. The molecule has 0 bridgehead atoms. The van der Waals surface area contributed by atoms with Gasteiger partial charge >= 0.3 is 0 Å². The van der Waals surface area contributed by atoms with Crippen molar-refractivity contribution in [3.8, 4) is 11.5 Å². The van der Waals surface area contributed by atoms with Crippen molar-refractivity contribution in [2.24, 2.45) is 5.84 Å². The Balaban J connectivity index is 2.32. The standard InChI is InChI=1S/C14H17FN4O2/c1-8-13(15)14(19-16)18-12(17-8)7-9-4-5-10(20-2)11(6-9)21-3/h4-6H,7,16H2,1-3H3,(H,17,18,19). The molecule has 0 aliphatic heterocycles. The lowest BCUT2D eigenvalue weighted by Crippen LogP contribution is -2.14. The lowest BCUT2D eigenvalue weighted by Gasteiger charge is -2.10. The van der Waals surface area contributed by atoms with E-state index in [2.05, 4.69) is 15.4 Å². The highest BCUT2D eigenvalue weighted by Gasteiger charge is 2.12. The van der Waals surface area contributed by atoms with Crippen molar-refractivity contribution in [1.82, 2.24) is 9.97 Å². The van der Waals surface area contributed by atoms with E-state index in [-0.39, 0.29) is 11.5 Å². The molecular formula is C14H17FN4O2. The molecular weight excluding hydrogens is 275 g/mol. The summed E-state index contributed by atoms with van der Waals surface area (Å²) in [5, 5.41) is 0. The van der Waals surface area contributed by atoms with Crippen molar-refractivity contribution in [1.29, 1.82) is 0 Å². The van der Waals surface area contributed by atoms with E-state index < -0.39 is 5.82 Å². The number of nitrogens with two attached hydrogens (primary N) is 1. The van der Waals surface area contributed by atoms with Gasteiger partial charge < -0.3 is 14.9 Å². The van der Waals surface area contributed by atoms with Gasteiger partial charge in [0.25, 0.3) is 0 Å². The van der Waals surface area contributed by atoms with Crippen LogP contribution >= 0.6 is 0 Å². The van der Waals surface area contributed by atoms with Gasteiger partial charge in [-0.15, -0.1) is 0 Å². The number of hydrogen-bond acceptors (Lipinski definition) is 6. The van der Waals surface area contributed by atoms with Gasteiger partial charge in [-0.2, -0.15) is 0 Å². The summed E-state index contributed by atoms with van der Waals surface area (Å²) in [6.07, 6.45) is 0.427.